The number of anilines is 2. The van der Waals surface area contributed by atoms with E-state index in [1.807, 2.05) is 4.90 Å². The lowest BCUT2D eigenvalue weighted by Gasteiger charge is -2.31. The van der Waals surface area contributed by atoms with Gasteiger partial charge in [-0.25, -0.2) is 9.78 Å². The zero-order valence-corrected chi connectivity index (χ0v) is 19.1. The van der Waals surface area contributed by atoms with E-state index in [0.717, 1.165) is 12.8 Å². The Morgan fingerprint density at radius 3 is 2.79 bits per heavy atom. The third-order valence-corrected chi connectivity index (χ3v) is 6.10. The first-order chi connectivity index (χ1) is 16.5. The van der Waals surface area contributed by atoms with Crippen molar-refractivity contribution in [3.05, 3.63) is 29.7 Å². The SMILES string of the molecule is COC(=O)Nc1ccc2c(c1)N[C@@H](C(=O)N1CCOCC1)CCCC[C@H](N)c1nc-2c(C#N)[nH]1. The lowest BCUT2D eigenvalue weighted by molar-refractivity contribution is -0.136. The van der Waals surface area contributed by atoms with Crippen LogP contribution >= 0.6 is 0 Å². The highest BCUT2D eigenvalue weighted by Crippen LogP contribution is 2.34. The van der Waals surface area contributed by atoms with E-state index in [2.05, 4.69) is 26.7 Å². The summed E-state index contributed by atoms with van der Waals surface area (Å²) in [5.74, 6) is 0.543. The topological polar surface area (TPSA) is 158 Å². The first kappa shape index (κ1) is 23.5. The fourth-order valence-corrected chi connectivity index (χ4v) is 4.26. The number of nitriles is 1. The first-order valence-electron chi connectivity index (χ1n) is 11.4. The molecule has 2 bridgehead atoms. The monoisotopic (exact) mass is 467 g/mol. The van der Waals surface area contributed by atoms with Crippen molar-refractivity contribution in [3.63, 3.8) is 0 Å². The number of hydrogen-bond donors (Lipinski definition) is 4. The van der Waals surface area contributed by atoms with Gasteiger partial charge in [0.1, 0.15) is 29.3 Å². The number of imidazole rings is 1. The number of aromatic nitrogens is 2. The number of aromatic amines is 1. The molecule has 2 aliphatic rings. The largest absolute Gasteiger partial charge is 0.453 e. The van der Waals surface area contributed by atoms with Crippen molar-refractivity contribution in [2.24, 2.45) is 5.73 Å². The van der Waals surface area contributed by atoms with E-state index in [9.17, 15) is 14.9 Å². The molecule has 1 fully saturated rings. The number of benzene rings is 1. The second-order valence-corrected chi connectivity index (χ2v) is 8.36. The van der Waals surface area contributed by atoms with E-state index in [-0.39, 0.29) is 17.6 Å². The summed E-state index contributed by atoms with van der Waals surface area (Å²) in [5, 5.41) is 15.8. The minimum Gasteiger partial charge on any atom is -0.453 e. The molecule has 2 atom stereocenters. The number of nitrogens with zero attached hydrogens (tertiary/aromatic N) is 3. The molecule has 4 rings (SSSR count). The Bertz CT molecular complexity index is 1090. The van der Waals surface area contributed by atoms with Gasteiger partial charge in [0.15, 0.2) is 0 Å². The summed E-state index contributed by atoms with van der Waals surface area (Å²) < 4.78 is 10.1. The number of rotatable bonds is 2. The van der Waals surface area contributed by atoms with Crippen molar-refractivity contribution in [3.8, 4) is 17.3 Å². The number of amides is 2. The highest BCUT2D eigenvalue weighted by atomic mass is 16.5. The van der Waals surface area contributed by atoms with Crippen LogP contribution in [0.3, 0.4) is 0 Å². The molecule has 2 aromatic rings. The van der Waals surface area contributed by atoms with Crippen LogP contribution in [0.15, 0.2) is 18.2 Å². The Morgan fingerprint density at radius 2 is 2.06 bits per heavy atom. The summed E-state index contributed by atoms with van der Waals surface area (Å²) in [6.07, 6.45) is 2.28. The lowest BCUT2D eigenvalue weighted by atomic mass is 10.0. The van der Waals surface area contributed by atoms with Crippen molar-refractivity contribution in [1.29, 1.82) is 5.26 Å². The van der Waals surface area contributed by atoms with Crippen LogP contribution in [-0.4, -0.2) is 66.3 Å². The van der Waals surface area contributed by atoms with Crippen LogP contribution in [0.2, 0.25) is 0 Å². The summed E-state index contributed by atoms with van der Waals surface area (Å²) in [7, 11) is 1.28. The van der Waals surface area contributed by atoms with Crippen LogP contribution in [0, 0.1) is 11.3 Å². The number of H-pyrrole nitrogens is 1. The van der Waals surface area contributed by atoms with E-state index < -0.39 is 12.1 Å². The maximum atomic E-state index is 13.4. The van der Waals surface area contributed by atoms with Gasteiger partial charge in [0, 0.05) is 30.0 Å². The fraction of sp³-hybridized carbons (Fsp3) is 0.478. The van der Waals surface area contributed by atoms with E-state index in [4.69, 9.17) is 15.2 Å². The molecule has 0 aliphatic carbocycles. The zero-order chi connectivity index (χ0) is 24.1. The predicted molar refractivity (Wildman–Crippen MR) is 125 cm³/mol. The van der Waals surface area contributed by atoms with Gasteiger partial charge in [-0.05, 0) is 31.0 Å². The van der Waals surface area contributed by atoms with Crippen LogP contribution in [-0.2, 0) is 14.3 Å². The highest BCUT2D eigenvalue weighted by molar-refractivity contribution is 5.91. The van der Waals surface area contributed by atoms with Gasteiger partial charge < -0.3 is 30.4 Å². The number of carbonyl (C=O) groups excluding carboxylic acids is 2. The van der Waals surface area contributed by atoms with E-state index in [0.29, 0.717) is 67.6 Å². The van der Waals surface area contributed by atoms with Gasteiger partial charge in [-0.15, -0.1) is 0 Å². The van der Waals surface area contributed by atoms with Gasteiger partial charge in [-0.1, -0.05) is 12.8 Å². The van der Waals surface area contributed by atoms with Crippen LogP contribution in [0.5, 0.6) is 0 Å². The number of hydrogen-bond acceptors (Lipinski definition) is 8. The van der Waals surface area contributed by atoms with E-state index in [1.54, 1.807) is 18.2 Å². The summed E-state index contributed by atoms with van der Waals surface area (Å²) in [6, 6.07) is 6.48. The third-order valence-electron chi connectivity index (χ3n) is 6.10. The molecular weight excluding hydrogens is 438 g/mol. The Kier molecular flexibility index (Phi) is 7.30. The molecule has 1 aromatic heterocycles. The Balaban J connectivity index is 1.77. The number of carbonyl (C=O) groups is 2. The van der Waals surface area contributed by atoms with E-state index >= 15 is 0 Å². The quantitative estimate of drug-likeness (QED) is 0.524. The van der Waals surface area contributed by atoms with Crippen LogP contribution in [0.1, 0.15) is 43.2 Å². The number of ether oxygens (including phenoxy) is 2. The molecule has 0 saturated carbocycles. The molecule has 2 aliphatic heterocycles. The fourth-order valence-electron chi connectivity index (χ4n) is 4.26. The average Bonchev–Trinajstić information content (AvgIpc) is 3.30. The summed E-state index contributed by atoms with van der Waals surface area (Å²) in [4.78, 5) is 34.7. The van der Waals surface area contributed by atoms with Crippen LogP contribution in [0.4, 0.5) is 16.2 Å². The van der Waals surface area contributed by atoms with E-state index in [1.165, 1.54) is 7.11 Å². The van der Waals surface area contributed by atoms with Crippen molar-refractivity contribution >= 4 is 23.4 Å². The lowest BCUT2D eigenvalue weighted by Crippen LogP contribution is -2.48. The number of methoxy groups -OCH3 is 1. The van der Waals surface area contributed by atoms with Crippen molar-refractivity contribution in [2.75, 3.05) is 44.0 Å². The van der Waals surface area contributed by atoms with Gasteiger partial charge in [-0.2, -0.15) is 5.26 Å². The molecule has 180 valence electrons. The molecule has 11 heteroatoms. The smallest absolute Gasteiger partial charge is 0.411 e. The molecule has 2 amide bonds. The molecule has 5 N–H and O–H groups in total. The molecule has 0 radical (unpaired) electrons. The third kappa shape index (κ3) is 5.13. The van der Waals surface area contributed by atoms with Gasteiger partial charge in [0.25, 0.3) is 0 Å². The molecule has 0 spiro atoms. The maximum absolute atomic E-state index is 13.4. The molecular formula is C23H29N7O4. The first-order valence-corrected chi connectivity index (χ1v) is 11.4. The molecule has 1 aromatic carbocycles. The summed E-state index contributed by atoms with van der Waals surface area (Å²) >= 11 is 0. The van der Waals surface area contributed by atoms with Crippen molar-refractivity contribution in [2.45, 2.75) is 37.8 Å². The average molecular weight is 468 g/mol. The highest BCUT2D eigenvalue weighted by Gasteiger charge is 2.28. The molecule has 1 saturated heterocycles. The summed E-state index contributed by atoms with van der Waals surface area (Å²) in [5.41, 5.74) is 8.76. The van der Waals surface area contributed by atoms with Crippen LogP contribution < -0.4 is 16.4 Å². The van der Waals surface area contributed by atoms with Gasteiger partial charge in [-0.3, -0.25) is 10.1 Å². The van der Waals surface area contributed by atoms with Gasteiger partial charge in [0.05, 0.1) is 26.4 Å². The second-order valence-electron chi connectivity index (χ2n) is 8.36. The number of morpholine rings is 1. The Morgan fingerprint density at radius 1 is 1.29 bits per heavy atom. The Hall–Kier alpha value is -3.62. The zero-order valence-electron chi connectivity index (χ0n) is 19.1. The molecule has 11 nitrogen and oxygen atoms in total. The molecule has 34 heavy (non-hydrogen) atoms. The van der Waals surface area contributed by atoms with Crippen molar-refractivity contribution in [1.82, 2.24) is 14.9 Å². The minimum absolute atomic E-state index is 0.00911. The molecule has 0 unspecified atom stereocenters. The van der Waals surface area contributed by atoms with Crippen molar-refractivity contribution < 1.29 is 19.1 Å². The second kappa shape index (κ2) is 10.5. The van der Waals surface area contributed by atoms with Gasteiger partial charge >= 0.3 is 6.09 Å². The predicted octanol–water partition coefficient (Wildman–Crippen LogP) is 2.34. The van der Waals surface area contributed by atoms with Gasteiger partial charge in [0.2, 0.25) is 5.91 Å². The number of nitrogens with two attached hydrogens (primary N) is 1. The Labute approximate surface area is 197 Å². The number of nitrogens with one attached hydrogen (secondary N) is 3. The summed E-state index contributed by atoms with van der Waals surface area (Å²) in [6.45, 7) is 2.11. The maximum Gasteiger partial charge on any atom is 0.411 e. The normalized spacial score (nSPS) is 20.6. The van der Waals surface area contributed by atoms with Crippen LogP contribution in [0.25, 0.3) is 11.3 Å². The molecule has 3 heterocycles. The standard InChI is InChI=1S/C23H29N7O4/c1-33-23(32)26-14-6-7-15-18(12-14)27-17(22(31)30-8-10-34-11-9-30)5-3-2-4-16(25)21-28-19(13-24)20(15)29-21/h6-7,12,16-17,27H,2-5,8-11,25H2,1H3,(H,26,32)(H,28,29)/t16-,17+/m0/s1. The number of fused-ring (bicyclic) bond motifs is 4. The minimum atomic E-state index is -0.611.